The monoisotopic (exact) mass is 444 g/mol. The van der Waals surface area contributed by atoms with Crippen molar-refractivity contribution in [1.82, 2.24) is 9.99 Å². The van der Waals surface area contributed by atoms with Crippen LogP contribution in [0.25, 0.3) is 0 Å². The average Bonchev–Trinajstić information content (AvgIpc) is 2.85. The summed E-state index contributed by atoms with van der Waals surface area (Å²) in [6.45, 7) is 4.07. The maximum atomic E-state index is 12.4. The molecular formula is C26H28N4O3. The molecule has 7 nitrogen and oxygen atoms in total. The molecule has 0 bridgehead atoms. The molecule has 2 heterocycles. The normalized spacial score (nSPS) is 13.3. The molecule has 0 unspecified atom stereocenters. The molecule has 4 rings (SSSR count). The van der Waals surface area contributed by atoms with Crippen LogP contribution in [-0.2, 0) is 6.54 Å². The Labute approximate surface area is 194 Å². The van der Waals surface area contributed by atoms with Crippen LogP contribution in [0.5, 0.6) is 11.5 Å². The van der Waals surface area contributed by atoms with E-state index < -0.39 is 0 Å². The number of pyridine rings is 1. The van der Waals surface area contributed by atoms with E-state index >= 15 is 0 Å². The molecule has 33 heavy (non-hydrogen) atoms. The molecule has 3 aromatic rings. The number of nitrogens with one attached hydrogen (secondary N) is 1. The van der Waals surface area contributed by atoms with Crippen molar-refractivity contribution in [3.8, 4) is 11.5 Å². The van der Waals surface area contributed by atoms with E-state index in [0.717, 1.165) is 53.4 Å². The first-order chi connectivity index (χ1) is 16.2. The average molecular weight is 445 g/mol. The van der Waals surface area contributed by atoms with E-state index in [0.29, 0.717) is 18.7 Å². The van der Waals surface area contributed by atoms with Crippen LogP contribution >= 0.6 is 0 Å². The number of rotatable bonds is 8. The van der Waals surface area contributed by atoms with E-state index in [1.54, 1.807) is 31.6 Å². The first kappa shape index (κ1) is 22.3. The molecular weight excluding hydrogens is 416 g/mol. The van der Waals surface area contributed by atoms with Crippen molar-refractivity contribution in [3.63, 3.8) is 0 Å². The number of nitrogens with zero attached hydrogens (tertiary/aromatic N) is 3. The van der Waals surface area contributed by atoms with Crippen molar-refractivity contribution in [3.05, 3.63) is 83.7 Å². The Hall–Kier alpha value is -3.87. The maximum Gasteiger partial charge on any atom is 0.257 e. The maximum absolute atomic E-state index is 12.4. The number of hydrogen-bond acceptors (Lipinski definition) is 6. The van der Waals surface area contributed by atoms with E-state index in [1.165, 1.54) is 0 Å². The first-order valence-corrected chi connectivity index (χ1v) is 11.1. The molecule has 7 heteroatoms. The second kappa shape index (κ2) is 10.6. The largest absolute Gasteiger partial charge is 0.493 e. The lowest BCUT2D eigenvalue weighted by Crippen LogP contribution is -2.26. The van der Waals surface area contributed by atoms with Crippen LogP contribution in [0.4, 0.5) is 5.69 Å². The van der Waals surface area contributed by atoms with Crippen molar-refractivity contribution in [2.45, 2.75) is 26.3 Å². The second-order valence-corrected chi connectivity index (χ2v) is 7.73. The summed E-state index contributed by atoms with van der Waals surface area (Å²) in [6, 6.07) is 17.3. The minimum Gasteiger partial charge on any atom is -0.493 e. The third kappa shape index (κ3) is 5.68. The fourth-order valence-electron chi connectivity index (χ4n) is 3.80. The van der Waals surface area contributed by atoms with Gasteiger partial charge in [0.15, 0.2) is 11.5 Å². The SMILES string of the molecule is CCOc1cc(C2=NN(Cc3cccc(NC(=O)c4cccnc4)c3)CCC2)ccc1OC. The van der Waals surface area contributed by atoms with Crippen LogP contribution in [0, 0.1) is 0 Å². The summed E-state index contributed by atoms with van der Waals surface area (Å²) in [4.78, 5) is 16.4. The van der Waals surface area contributed by atoms with Crippen molar-refractivity contribution < 1.29 is 14.3 Å². The topological polar surface area (TPSA) is 76.0 Å². The van der Waals surface area contributed by atoms with E-state index in [4.69, 9.17) is 14.6 Å². The van der Waals surface area contributed by atoms with Gasteiger partial charge in [-0.3, -0.25) is 14.8 Å². The van der Waals surface area contributed by atoms with Gasteiger partial charge in [0.05, 0.1) is 31.5 Å². The van der Waals surface area contributed by atoms with E-state index in [1.807, 2.05) is 49.4 Å². The highest BCUT2D eigenvalue weighted by Gasteiger charge is 2.16. The van der Waals surface area contributed by atoms with Crippen molar-refractivity contribution in [2.24, 2.45) is 5.10 Å². The van der Waals surface area contributed by atoms with Gasteiger partial charge in [-0.1, -0.05) is 12.1 Å². The predicted molar refractivity (Wildman–Crippen MR) is 129 cm³/mol. The standard InChI is InChI=1S/C26H28N4O3/c1-3-33-25-16-20(11-12-24(25)32-2)23-10-6-14-30(29-23)18-19-7-4-9-22(15-19)28-26(31)21-8-5-13-27-17-21/h4-5,7-9,11-13,15-17H,3,6,10,14,18H2,1-2H3,(H,28,31). The Balaban J connectivity index is 1.47. The number of amides is 1. The predicted octanol–water partition coefficient (Wildman–Crippen LogP) is 4.74. The quantitative estimate of drug-likeness (QED) is 0.543. The van der Waals surface area contributed by atoms with Gasteiger partial charge in [0.1, 0.15) is 0 Å². The minimum atomic E-state index is -0.178. The van der Waals surface area contributed by atoms with Crippen molar-refractivity contribution in [2.75, 3.05) is 25.6 Å². The first-order valence-electron chi connectivity index (χ1n) is 11.1. The van der Waals surface area contributed by atoms with Crippen LogP contribution in [0.1, 0.15) is 41.3 Å². The van der Waals surface area contributed by atoms with Gasteiger partial charge in [-0.15, -0.1) is 0 Å². The highest BCUT2D eigenvalue weighted by Crippen LogP contribution is 2.29. The van der Waals surface area contributed by atoms with Crippen molar-refractivity contribution >= 4 is 17.3 Å². The lowest BCUT2D eigenvalue weighted by Gasteiger charge is -2.26. The second-order valence-electron chi connectivity index (χ2n) is 7.73. The Bertz CT molecular complexity index is 1130. The molecule has 0 spiro atoms. The molecule has 1 aromatic heterocycles. The molecule has 0 atom stereocenters. The lowest BCUT2D eigenvalue weighted by atomic mass is 10.0. The van der Waals surface area contributed by atoms with Crippen LogP contribution in [0.2, 0.25) is 0 Å². The fraction of sp³-hybridized carbons (Fsp3) is 0.269. The van der Waals surface area contributed by atoms with Gasteiger partial charge >= 0.3 is 0 Å². The van der Waals surface area contributed by atoms with Gasteiger partial charge in [-0.25, -0.2) is 0 Å². The number of carbonyl (C=O) groups is 1. The molecule has 1 aliphatic rings. The van der Waals surface area contributed by atoms with Crippen molar-refractivity contribution in [1.29, 1.82) is 0 Å². The smallest absolute Gasteiger partial charge is 0.257 e. The van der Waals surface area contributed by atoms with Crippen LogP contribution < -0.4 is 14.8 Å². The number of carbonyl (C=O) groups excluding carboxylic acids is 1. The zero-order valence-corrected chi connectivity index (χ0v) is 19.0. The molecule has 2 aromatic carbocycles. The number of hydrazone groups is 1. The summed E-state index contributed by atoms with van der Waals surface area (Å²) in [6.07, 6.45) is 5.13. The van der Waals surface area contributed by atoms with Crippen LogP contribution in [-0.4, -0.2) is 41.9 Å². The number of aromatic nitrogens is 1. The highest BCUT2D eigenvalue weighted by atomic mass is 16.5. The molecule has 0 saturated carbocycles. The van der Waals surface area contributed by atoms with Gasteiger partial charge in [0.2, 0.25) is 0 Å². The number of benzene rings is 2. The summed E-state index contributed by atoms with van der Waals surface area (Å²) in [7, 11) is 1.64. The molecule has 1 aliphatic heterocycles. The summed E-state index contributed by atoms with van der Waals surface area (Å²) in [5.74, 6) is 1.27. The van der Waals surface area contributed by atoms with Gasteiger partial charge in [0, 0.05) is 30.2 Å². The van der Waals surface area contributed by atoms with Gasteiger partial charge in [-0.05, 0) is 67.8 Å². The number of ether oxygens (including phenoxy) is 2. The molecule has 0 aliphatic carbocycles. The zero-order valence-electron chi connectivity index (χ0n) is 19.0. The Kier molecular flexibility index (Phi) is 7.19. The molecule has 1 N–H and O–H groups in total. The summed E-state index contributed by atoms with van der Waals surface area (Å²) in [5, 5.41) is 9.92. The number of hydrogen-bond donors (Lipinski definition) is 1. The van der Waals surface area contributed by atoms with Crippen LogP contribution in [0.15, 0.2) is 72.1 Å². The summed E-state index contributed by atoms with van der Waals surface area (Å²) < 4.78 is 11.1. The molecule has 0 fully saturated rings. The zero-order chi connectivity index (χ0) is 23.0. The molecule has 0 radical (unpaired) electrons. The van der Waals surface area contributed by atoms with E-state index in [9.17, 15) is 4.79 Å². The third-order valence-corrected chi connectivity index (χ3v) is 5.36. The Morgan fingerprint density at radius 3 is 2.82 bits per heavy atom. The number of methoxy groups -OCH3 is 1. The van der Waals surface area contributed by atoms with Gasteiger partial charge < -0.3 is 14.8 Å². The summed E-state index contributed by atoms with van der Waals surface area (Å²) in [5.41, 5.74) is 4.43. The van der Waals surface area contributed by atoms with E-state index in [-0.39, 0.29) is 5.91 Å². The fourth-order valence-corrected chi connectivity index (χ4v) is 3.80. The number of anilines is 1. The van der Waals surface area contributed by atoms with Gasteiger partial charge in [0.25, 0.3) is 5.91 Å². The molecule has 1 amide bonds. The van der Waals surface area contributed by atoms with Crippen LogP contribution in [0.3, 0.4) is 0 Å². The summed E-state index contributed by atoms with van der Waals surface area (Å²) >= 11 is 0. The Morgan fingerprint density at radius 2 is 2.03 bits per heavy atom. The Morgan fingerprint density at radius 1 is 1.12 bits per heavy atom. The van der Waals surface area contributed by atoms with E-state index in [2.05, 4.69) is 15.3 Å². The molecule has 0 saturated heterocycles. The molecule has 170 valence electrons. The highest BCUT2D eigenvalue weighted by molar-refractivity contribution is 6.04. The van der Waals surface area contributed by atoms with Gasteiger partial charge in [-0.2, -0.15) is 5.10 Å². The lowest BCUT2D eigenvalue weighted by molar-refractivity contribution is 0.102. The third-order valence-electron chi connectivity index (χ3n) is 5.36. The minimum absolute atomic E-state index is 0.178.